The van der Waals surface area contributed by atoms with Gasteiger partial charge in [-0.25, -0.2) is 8.42 Å². The summed E-state index contributed by atoms with van der Waals surface area (Å²) in [5, 5.41) is 3.01. The van der Waals surface area contributed by atoms with Crippen molar-refractivity contribution >= 4 is 38.7 Å². The number of para-hydroxylation sites is 2. The smallest absolute Gasteiger partial charge is 0.257 e. The van der Waals surface area contributed by atoms with E-state index in [1.807, 2.05) is 24.3 Å². The van der Waals surface area contributed by atoms with Crippen LogP contribution in [0.25, 0.3) is 0 Å². The van der Waals surface area contributed by atoms with E-state index in [2.05, 4.69) is 22.2 Å². The topological polar surface area (TPSA) is 69.7 Å². The summed E-state index contributed by atoms with van der Waals surface area (Å²) in [5.41, 5.74) is 1.90. The zero-order valence-corrected chi connectivity index (χ0v) is 16.8. The molecule has 0 aromatic heterocycles. The molecule has 3 rings (SSSR count). The number of piperazine rings is 1. The van der Waals surface area contributed by atoms with Crippen LogP contribution >= 0.6 is 11.6 Å². The highest BCUT2D eigenvalue weighted by Gasteiger charge is 2.19. The molecule has 0 bridgehead atoms. The van der Waals surface area contributed by atoms with Crippen molar-refractivity contribution in [2.45, 2.75) is 4.90 Å². The number of nitrogens with zero attached hydrogens (tertiary/aromatic N) is 2. The summed E-state index contributed by atoms with van der Waals surface area (Å²) >= 11 is 6.16. The lowest BCUT2D eigenvalue weighted by Crippen LogP contribution is -2.44. The van der Waals surface area contributed by atoms with E-state index in [0.29, 0.717) is 5.69 Å². The summed E-state index contributed by atoms with van der Waals surface area (Å²) in [4.78, 5) is 17.3. The van der Waals surface area contributed by atoms with Gasteiger partial charge < -0.3 is 15.1 Å². The Bertz CT molecular complexity index is 954. The molecule has 1 N–H and O–H groups in total. The fraction of sp³-hybridized carbons (Fsp3) is 0.316. The van der Waals surface area contributed by atoms with E-state index in [4.69, 9.17) is 11.6 Å². The van der Waals surface area contributed by atoms with E-state index in [1.54, 1.807) is 0 Å². The molecule has 6 nitrogen and oxygen atoms in total. The summed E-state index contributed by atoms with van der Waals surface area (Å²) in [6.07, 6.45) is 1.10. The highest BCUT2D eigenvalue weighted by Crippen LogP contribution is 2.28. The van der Waals surface area contributed by atoms with Crippen molar-refractivity contribution in [1.82, 2.24) is 4.90 Å². The Morgan fingerprint density at radius 3 is 2.37 bits per heavy atom. The molecular weight excluding hydrogens is 386 g/mol. The summed E-state index contributed by atoms with van der Waals surface area (Å²) in [6, 6.07) is 11.8. The van der Waals surface area contributed by atoms with Crippen LogP contribution in [0, 0.1) is 0 Å². The quantitative estimate of drug-likeness (QED) is 0.843. The Hall–Kier alpha value is -2.09. The Labute approximate surface area is 164 Å². The van der Waals surface area contributed by atoms with Crippen LogP contribution in [-0.4, -0.2) is 58.7 Å². The van der Waals surface area contributed by atoms with Gasteiger partial charge in [-0.3, -0.25) is 4.79 Å². The fourth-order valence-corrected chi connectivity index (χ4v) is 3.98. The molecule has 1 fully saturated rings. The zero-order valence-electron chi connectivity index (χ0n) is 15.3. The van der Waals surface area contributed by atoms with Gasteiger partial charge in [-0.2, -0.15) is 0 Å². The lowest BCUT2D eigenvalue weighted by Gasteiger charge is -2.35. The molecule has 0 spiro atoms. The van der Waals surface area contributed by atoms with Crippen molar-refractivity contribution < 1.29 is 13.2 Å². The molecule has 0 radical (unpaired) electrons. The molecule has 144 valence electrons. The number of hydrogen-bond donors (Lipinski definition) is 1. The molecule has 0 saturated carbocycles. The van der Waals surface area contributed by atoms with Crippen LogP contribution in [0.15, 0.2) is 47.4 Å². The van der Waals surface area contributed by atoms with E-state index in [-0.39, 0.29) is 21.4 Å². The minimum Gasteiger partial charge on any atom is -0.367 e. The molecule has 0 atom stereocenters. The number of sulfone groups is 1. The summed E-state index contributed by atoms with van der Waals surface area (Å²) in [5.74, 6) is -0.373. The molecule has 27 heavy (non-hydrogen) atoms. The van der Waals surface area contributed by atoms with Gasteiger partial charge in [0.1, 0.15) is 0 Å². The number of anilines is 2. The van der Waals surface area contributed by atoms with Crippen LogP contribution in [0.3, 0.4) is 0 Å². The van der Waals surface area contributed by atoms with Crippen molar-refractivity contribution in [1.29, 1.82) is 0 Å². The van der Waals surface area contributed by atoms with Gasteiger partial charge in [0.05, 0.1) is 26.9 Å². The second kappa shape index (κ2) is 7.88. The first-order chi connectivity index (χ1) is 12.8. The third-order valence-electron chi connectivity index (χ3n) is 4.61. The maximum Gasteiger partial charge on any atom is 0.257 e. The number of amides is 1. The third kappa shape index (κ3) is 4.61. The van der Waals surface area contributed by atoms with Gasteiger partial charge in [-0.1, -0.05) is 23.7 Å². The minimum absolute atomic E-state index is 0.0851. The van der Waals surface area contributed by atoms with Crippen molar-refractivity contribution in [2.24, 2.45) is 0 Å². The van der Waals surface area contributed by atoms with Gasteiger partial charge in [0.2, 0.25) is 0 Å². The molecule has 2 aromatic rings. The standard InChI is InChI=1S/C19H22ClN3O3S/c1-22-9-11-23(12-10-22)18-6-4-3-5-17(18)21-19(24)15-8-7-14(13-16(15)20)27(2,25)26/h3-8,13H,9-12H2,1-2H3,(H,21,24). The molecule has 1 aliphatic heterocycles. The van der Waals surface area contributed by atoms with Gasteiger partial charge in [0, 0.05) is 32.4 Å². The van der Waals surface area contributed by atoms with Crippen LogP contribution in [0.4, 0.5) is 11.4 Å². The number of carbonyl (C=O) groups is 1. The Morgan fingerprint density at radius 2 is 1.74 bits per heavy atom. The molecule has 1 heterocycles. The second-order valence-corrected chi connectivity index (χ2v) is 9.10. The number of benzene rings is 2. The first-order valence-electron chi connectivity index (χ1n) is 8.59. The second-order valence-electron chi connectivity index (χ2n) is 6.68. The molecule has 2 aromatic carbocycles. The van der Waals surface area contributed by atoms with Gasteiger partial charge in [-0.05, 0) is 37.4 Å². The molecule has 0 aliphatic carbocycles. The zero-order chi connectivity index (χ0) is 19.6. The summed E-state index contributed by atoms with van der Waals surface area (Å²) < 4.78 is 23.3. The van der Waals surface area contributed by atoms with Gasteiger partial charge >= 0.3 is 0 Å². The van der Waals surface area contributed by atoms with Crippen LogP contribution in [-0.2, 0) is 9.84 Å². The Kier molecular flexibility index (Phi) is 5.74. The van der Waals surface area contributed by atoms with Crippen LogP contribution in [0.5, 0.6) is 0 Å². The highest BCUT2D eigenvalue weighted by molar-refractivity contribution is 7.90. The lowest BCUT2D eigenvalue weighted by molar-refractivity contribution is 0.102. The molecule has 1 amide bonds. The van der Waals surface area contributed by atoms with E-state index < -0.39 is 9.84 Å². The fourth-order valence-electron chi connectivity index (χ4n) is 3.00. The monoisotopic (exact) mass is 407 g/mol. The maximum absolute atomic E-state index is 12.7. The lowest BCUT2D eigenvalue weighted by atomic mass is 10.1. The van der Waals surface area contributed by atoms with E-state index in [1.165, 1.54) is 18.2 Å². The van der Waals surface area contributed by atoms with Crippen molar-refractivity contribution in [3.05, 3.63) is 53.1 Å². The molecule has 1 aliphatic rings. The van der Waals surface area contributed by atoms with E-state index in [9.17, 15) is 13.2 Å². The van der Waals surface area contributed by atoms with Crippen LogP contribution < -0.4 is 10.2 Å². The molecule has 0 unspecified atom stereocenters. The van der Waals surface area contributed by atoms with Gasteiger partial charge in [0.15, 0.2) is 9.84 Å². The number of halogens is 1. The van der Waals surface area contributed by atoms with E-state index in [0.717, 1.165) is 38.1 Å². The van der Waals surface area contributed by atoms with E-state index >= 15 is 0 Å². The summed E-state index contributed by atoms with van der Waals surface area (Å²) in [7, 11) is -1.29. The minimum atomic E-state index is -3.38. The third-order valence-corrected chi connectivity index (χ3v) is 6.03. The molecule has 1 saturated heterocycles. The predicted octanol–water partition coefficient (Wildman–Crippen LogP) is 2.75. The number of rotatable bonds is 4. The van der Waals surface area contributed by atoms with Gasteiger partial charge in [-0.15, -0.1) is 0 Å². The largest absolute Gasteiger partial charge is 0.367 e. The number of likely N-dealkylation sites (N-methyl/N-ethyl adjacent to an activating group) is 1. The Morgan fingerprint density at radius 1 is 1.07 bits per heavy atom. The van der Waals surface area contributed by atoms with Crippen molar-refractivity contribution in [2.75, 3.05) is 49.7 Å². The Balaban J connectivity index is 1.83. The average molecular weight is 408 g/mol. The van der Waals surface area contributed by atoms with Crippen molar-refractivity contribution in [3.63, 3.8) is 0 Å². The number of carbonyl (C=O) groups excluding carboxylic acids is 1. The highest BCUT2D eigenvalue weighted by atomic mass is 35.5. The summed E-state index contributed by atoms with van der Waals surface area (Å²) in [6.45, 7) is 3.68. The molecule has 8 heteroatoms. The SMILES string of the molecule is CN1CCN(c2ccccc2NC(=O)c2ccc(S(C)(=O)=O)cc2Cl)CC1. The van der Waals surface area contributed by atoms with Crippen LogP contribution in [0.2, 0.25) is 5.02 Å². The first kappa shape index (κ1) is 19.7. The number of nitrogens with one attached hydrogen (secondary N) is 1. The van der Waals surface area contributed by atoms with Crippen LogP contribution in [0.1, 0.15) is 10.4 Å². The van der Waals surface area contributed by atoms with Gasteiger partial charge in [0.25, 0.3) is 5.91 Å². The molecular formula is C19H22ClN3O3S. The normalized spacial score (nSPS) is 15.6. The average Bonchev–Trinajstić information content (AvgIpc) is 2.62. The predicted molar refractivity (Wildman–Crippen MR) is 109 cm³/mol. The number of hydrogen-bond acceptors (Lipinski definition) is 5. The van der Waals surface area contributed by atoms with Crippen molar-refractivity contribution in [3.8, 4) is 0 Å². The first-order valence-corrected chi connectivity index (χ1v) is 10.9. The maximum atomic E-state index is 12.7.